The van der Waals surface area contributed by atoms with E-state index in [0.29, 0.717) is 29.1 Å². The normalized spacial score (nSPS) is 48.7. The third kappa shape index (κ3) is 2.47. The van der Waals surface area contributed by atoms with E-state index in [1.807, 2.05) is 0 Å². The van der Waals surface area contributed by atoms with Gasteiger partial charge in [-0.05, 0) is 67.7 Å². The van der Waals surface area contributed by atoms with Crippen molar-refractivity contribution >= 4 is 0 Å². The summed E-state index contributed by atoms with van der Waals surface area (Å²) in [5.41, 5.74) is 0.862. The molecule has 3 aliphatic carbocycles. The second-order valence-electron chi connectivity index (χ2n) is 8.86. The van der Waals surface area contributed by atoms with Crippen molar-refractivity contribution in [3.05, 3.63) is 0 Å². The lowest BCUT2D eigenvalue weighted by atomic mass is 9.70. The van der Waals surface area contributed by atoms with Crippen LogP contribution in [0.3, 0.4) is 0 Å². The van der Waals surface area contributed by atoms with Crippen LogP contribution in [0.1, 0.15) is 73.1 Å². The van der Waals surface area contributed by atoms with Crippen LogP contribution < -0.4 is 5.32 Å². The van der Waals surface area contributed by atoms with Gasteiger partial charge >= 0.3 is 0 Å². The lowest BCUT2D eigenvalue weighted by Crippen LogP contribution is -2.49. The van der Waals surface area contributed by atoms with E-state index >= 15 is 0 Å². The molecule has 3 saturated carbocycles. The first-order chi connectivity index (χ1) is 9.88. The summed E-state index contributed by atoms with van der Waals surface area (Å²) in [6, 6.07) is 0.581. The Morgan fingerprint density at radius 1 is 1.10 bits per heavy atom. The van der Waals surface area contributed by atoms with Crippen LogP contribution in [0.2, 0.25) is 0 Å². The molecule has 0 aromatic rings. The first-order valence-electron chi connectivity index (χ1n) is 9.27. The van der Waals surface area contributed by atoms with E-state index in [9.17, 15) is 0 Å². The van der Waals surface area contributed by atoms with Crippen molar-refractivity contribution in [1.29, 1.82) is 0 Å². The van der Waals surface area contributed by atoms with Gasteiger partial charge < -0.3 is 10.1 Å². The summed E-state index contributed by atoms with van der Waals surface area (Å²) in [6.45, 7) is 13.1. The Labute approximate surface area is 131 Å². The van der Waals surface area contributed by atoms with Crippen molar-refractivity contribution < 1.29 is 4.74 Å². The summed E-state index contributed by atoms with van der Waals surface area (Å²) in [6.07, 6.45) is 8.89. The minimum Gasteiger partial charge on any atom is -0.373 e. The number of nitrogens with one attached hydrogen (secondary N) is 1. The van der Waals surface area contributed by atoms with Crippen molar-refractivity contribution in [2.45, 2.75) is 91.4 Å². The summed E-state index contributed by atoms with van der Waals surface area (Å²) < 4.78 is 6.80. The molecule has 1 N–H and O–H groups in total. The molecular weight excluding hydrogens is 258 g/mol. The maximum absolute atomic E-state index is 6.80. The first-order valence-corrected chi connectivity index (χ1v) is 9.27. The number of likely N-dealkylation sites (N-methyl/N-ethyl adjacent to an activating group) is 1. The fourth-order valence-electron chi connectivity index (χ4n) is 5.52. The smallest absolute Gasteiger partial charge is 0.0734 e. The molecule has 0 spiro atoms. The fraction of sp³-hybridized carbons (Fsp3) is 1.00. The zero-order valence-electron chi connectivity index (χ0n) is 14.7. The quantitative estimate of drug-likeness (QED) is 0.830. The number of hydrogen-bond acceptors (Lipinski definition) is 2. The molecule has 0 heterocycles. The van der Waals surface area contributed by atoms with Gasteiger partial charge in [0.15, 0.2) is 0 Å². The Balaban J connectivity index is 1.71. The molecule has 2 bridgehead atoms. The number of hydrogen-bond donors (Lipinski definition) is 1. The molecule has 2 nitrogen and oxygen atoms in total. The van der Waals surface area contributed by atoms with E-state index in [1.54, 1.807) is 0 Å². The molecule has 21 heavy (non-hydrogen) atoms. The van der Waals surface area contributed by atoms with Gasteiger partial charge in [0.2, 0.25) is 0 Å². The van der Waals surface area contributed by atoms with E-state index < -0.39 is 0 Å². The van der Waals surface area contributed by atoms with Gasteiger partial charge in [0, 0.05) is 6.04 Å². The zero-order valence-corrected chi connectivity index (χ0v) is 14.7. The van der Waals surface area contributed by atoms with Crippen molar-refractivity contribution in [3.8, 4) is 0 Å². The molecule has 6 atom stereocenters. The van der Waals surface area contributed by atoms with Crippen LogP contribution in [-0.2, 0) is 4.74 Å². The maximum Gasteiger partial charge on any atom is 0.0734 e. The van der Waals surface area contributed by atoms with E-state index in [2.05, 4.69) is 39.9 Å². The van der Waals surface area contributed by atoms with Crippen LogP contribution in [0.5, 0.6) is 0 Å². The van der Waals surface area contributed by atoms with Crippen LogP contribution in [0.25, 0.3) is 0 Å². The maximum atomic E-state index is 6.80. The molecule has 6 unspecified atom stereocenters. The minimum absolute atomic E-state index is 0.398. The van der Waals surface area contributed by atoms with Crippen molar-refractivity contribution in [2.75, 3.05) is 6.54 Å². The van der Waals surface area contributed by atoms with Gasteiger partial charge in [-0.3, -0.25) is 0 Å². The van der Waals surface area contributed by atoms with Gasteiger partial charge in [-0.1, -0.05) is 34.6 Å². The predicted molar refractivity (Wildman–Crippen MR) is 88.4 cm³/mol. The largest absolute Gasteiger partial charge is 0.373 e. The molecule has 0 radical (unpaired) electrons. The lowest BCUT2D eigenvalue weighted by Gasteiger charge is -2.43. The van der Waals surface area contributed by atoms with Crippen molar-refractivity contribution in [1.82, 2.24) is 5.32 Å². The van der Waals surface area contributed by atoms with Gasteiger partial charge in [-0.15, -0.1) is 0 Å². The van der Waals surface area contributed by atoms with Crippen LogP contribution in [0.4, 0.5) is 0 Å². The summed E-state index contributed by atoms with van der Waals surface area (Å²) in [5, 5.41) is 3.68. The molecule has 3 fully saturated rings. The Morgan fingerprint density at radius 3 is 2.43 bits per heavy atom. The van der Waals surface area contributed by atoms with Gasteiger partial charge in [-0.2, -0.15) is 0 Å². The Hall–Kier alpha value is -0.0800. The lowest BCUT2D eigenvalue weighted by molar-refractivity contribution is -0.111. The minimum atomic E-state index is 0.398. The van der Waals surface area contributed by atoms with Gasteiger partial charge in [0.1, 0.15) is 0 Å². The van der Waals surface area contributed by atoms with Crippen LogP contribution >= 0.6 is 0 Å². The standard InChI is InChI=1S/C19H35NO/c1-6-20-15-8-7-13(2)11-16(15)21-17-12-14-9-10-19(17,5)18(14,3)4/h13-17,20H,6-12H2,1-5H3. The van der Waals surface area contributed by atoms with Crippen molar-refractivity contribution in [2.24, 2.45) is 22.7 Å². The summed E-state index contributed by atoms with van der Waals surface area (Å²) in [4.78, 5) is 0. The van der Waals surface area contributed by atoms with Gasteiger partial charge in [0.25, 0.3) is 0 Å². The summed E-state index contributed by atoms with van der Waals surface area (Å²) >= 11 is 0. The molecule has 3 aliphatic rings. The van der Waals surface area contributed by atoms with Crippen molar-refractivity contribution in [3.63, 3.8) is 0 Å². The Bertz CT molecular complexity index is 380. The highest BCUT2D eigenvalue weighted by Crippen LogP contribution is 2.66. The monoisotopic (exact) mass is 293 g/mol. The van der Waals surface area contributed by atoms with Crippen LogP contribution in [0, 0.1) is 22.7 Å². The zero-order chi connectivity index (χ0) is 15.3. The number of rotatable bonds is 4. The number of fused-ring (bicyclic) bond motifs is 2. The molecule has 122 valence electrons. The van der Waals surface area contributed by atoms with E-state index in [0.717, 1.165) is 18.4 Å². The second kappa shape index (κ2) is 5.53. The highest BCUT2D eigenvalue weighted by atomic mass is 16.5. The molecule has 3 rings (SSSR count). The molecule has 0 amide bonds. The highest BCUT2D eigenvalue weighted by Gasteiger charge is 2.62. The predicted octanol–water partition coefficient (Wildman–Crippen LogP) is 4.38. The van der Waals surface area contributed by atoms with Crippen LogP contribution in [0.15, 0.2) is 0 Å². The molecule has 0 aromatic carbocycles. The topological polar surface area (TPSA) is 21.3 Å². The molecule has 2 heteroatoms. The van der Waals surface area contributed by atoms with Crippen LogP contribution in [-0.4, -0.2) is 24.8 Å². The third-order valence-corrected chi connectivity index (χ3v) is 7.57. The molecule has 0 aromatic heterocycles. The molecular formula is C19H35NO. The highest BCUT2D eigenvalue weighted by molar-refractivity contribution is 5.11. The second-order valence-corrected chi connectivity index (χ2v) is 8.86. The average Bonchev–Trinajstić information content (AvgIpc) is 2.75. The Morgan fingerprint density at radius 2 is 1.86 bits per heavy atom. The fourth-order valence-corrected chi connectivity index (χ4v) is 5.52. The average molecular weight is 293 g/mol. The van der Waals surface area contributed by atoms with Gasteiger partial charge in [-0.25, -0.2) is 0 Å². The first kappa shape index (κ1) is 15.8. The van der Waals surface area contributed by atoms with E-state index in [1.165, 1.54) is 38.5 Å². The third-order valence-electron chi connectivity index (χ3n) is 7.57. The SMILES string of the molecule is CCNC1CCC(C)CC1OC1CC2CCC1(C)C2(C)C. The van der Waals surface area contributed by atoms with E-state index in [4.69, 9.17) is 4.74 Å². The van der Waals surface area contributed by atoms with E-state index in [-0.39, 0.29) is 0 Å². The summed E-state index contributed by atoms with van der Waals surface area (Å²) in [7, 11) is 0. The Kier molecular flexibility index (Phi) is 4.16. The molecule has 0 aliphatic heterocycles. The summed E-state index contributed by atoms with van der Waals surface area (Å²) in [5.74, 6) is 1.70. The number of ether oxygens (including phenoxy) is 1. The molecule has 0 saturated heterocycles. The van der Waals surface area contributed by atoms with Gasteiger partial charge in [0.05, 0.1) is 12.2 Å².